The number of hydrogen-bond donors (Lipinski definition) is 0. The fourth-order valence-corrected chi connectivity index (χ4v) is 5.29. The third-order valence-corrected chi connectivity index (χ3v) is 7.38. The molecular formula is C25H27FN2O2S. The maximum Gasteiger partial charge on any atom is 0.293 e. The zero-order valence-electron chi connectivity index (χ0n) is 18.5. The Hall–Kier alpha value is -2.60. The number of carbonyl (C=O) groups excluding carboxylic acids is 2. The number of hydrogen-bond acceptors (Lipinski definition) is 4. The molecule has 2 amide bonds. The van der Waals surface area contributed by atoms with E-state index in [2.05, 4.69) is 44.9 Å². The molecule has 4 rings (SSSR count). The molecule has 4 nitrogen and oxygen atoms in total. The second-order valence-electron chi connectivity index (χ2n) is 9.10. The predicted molar refractivity (Wildman–Crippen MR) is 125 cm³/mol. The smallest absolute Gasteiger partial charge is 0.293 e. The molecule has 1 unspecified atom stereocenters. The van der Waals surface area contributed by atoms with E-state index in [-0.39, 0.29) is 23.2 Å². The first kappa shape index (κ1) is 21.6. The summed E-state index contributed by atoms with van der Waals surface area (Å²) in [4.78, 5) is 29.2. The number of rotatable bonds is 3. The van der Waals surface area contributed by atoms with E-state index < -0.39 is 5.82 Å². The molecule has 0 saturated carbocycles. The van der Waals surface area contributed by atoms with Crippen LogP contribution in [0.4, 0.5) is 14.9 Å². The van der Waals surface area contributed by atoms with E-state index in [1.807, 2.05) is 6.92 Å². The van der Waals surface area contributed by atoms with Crippen LogP contribution in [0.25, 0.3) is 6.08 Å². The van der Waals surface area contributed by atoms with Gasteiger partial charge in [0.25, 0.3) is 11.1 Å². The van der Waals surface area contributed by atoms with Gasteiger partial charge in [-0.25, -0.2) is 4.39 Å². The van der Waals surface area contributed by atoms with Gasteiger partial charge in [-0.2, -0.15) is 0 Å². The van der Waals surface area contributed by atoms with Crippen LogP contribution in [-0.2, 0) is 11.3 Å². The highest BCUT2D eigenvalue weighted by atomic mass is 32.2. The highest BCUT2D eigenvalue weighted by Crippen LogP contribution is 2.44. The summed E-state index contributed by atoms with van der Waals surface area (Å²) < 4.78 is 14.0. The molecule has 0 aromatic heterocycles. The number of benzene rings is 2. The molecule has 31 heavy (non-hydrogen) atoms. The Kier molecular flexibility index (Phi) is 5.46. The van der Waals surface area contributed by atoms with Crippen molar-refractivity contribution in [2.24, 2.45) is 0 Å². The Morgan fingerprint density at radius 2 is 1.94 bits per heavy atom. The summed E-state index contributed by atoms with van der Waals surface area (Å²) in [6, 6.07) is 10.5. The molecule has 1 fully saturated rings. The number of imide groups is 1. The number of halogens is 1. The number of carbonyl (C=O) groups is 2. The summed E-state index contributed by atoms with van der Waals surface area (Å²) in [6.07, 6.45) is 2.84. The van der Waals surface area contributed by atoms with Crippen LogP contribution in [-0.4, -0.2) is 28.6 Å². The minimum absolute atomic E-state index is 0.0608. The van der Waals surface area contributed by atoms with Crippen LogP contribution in [0.2, 0.25) is 0 Å². The lowest BCUT2D eigenvalue weighted by molar-refractivity contribution is -0.123. The van der Waals surface area contributed by atoms with Crippen LogP contribution in [0, 0.1) is 12.7 Å². The maximum atomic E-state index is 14.0. The molecule has 2 aromatic carbocycles. The van der Waals surface area contributed by atoms with Crippen molar-refractivity contribution in [2.45, 2.75) is 52.1 Å². The number of amides is 2. The topological polar surface area (TPSA) is 40.6 Å². The number of anilines is 1. The first-order valence-corrected chi connectivity index (χ1v) is 11.3. The molecule has 6 heteroatoms. The normalized spacial score (nSPS) is 21.7. The van der Waals surface area contributed by atoms with Crippen molar-refractivity contribution in [1.29, 1.82) is 0 Å². The van der Waals surface area contributed by atoms with Gasteiger partial charge in [-0.1, -0.05) is 25.1 Å². The second kappa shape index (κ2) is 7.83. The Morgan fingerprint density at radius 3 is 2.65 bits per heavy atom. The molecule has 2 heterocycles. The van der Waals surface area contributed by atoms with Gasteiger partial charge in [0, 0.05) is 23.8 Å². The van der Waals surface area contributed by atoms with Crippen LogP contribution in [0.1, 0.15) is 55.4 Å². The van der Waals surface area contributed by atoms with Crippen molar-refractivity contribution in [1.82, 2.24) is 4.90 Å². The van der Waals surface area contributed by atoms with Gasteiger partial charge in [-0.05, 0) is 85.8 Å². The van der Waals surface area contributed by atoms with Crippen LogP contribution in [0.5, 0.6) is 0 Å². The van der Waals surface area contributed by atoms with Gasteiger partial charge in [0.1, 0.15) is 5.82 Å². The standard InChI is InChI=1S/C25H27FN2O2S/c1-15-10-21-19(16(2)13-25(3,4)27(21)5)11-18(15)12-22-23(29)28(24(30)31-22)14-17-8-6-7-9-20(17)26/h6-12,16H,13-14H2,1-5H3/b22-12+. The van der Waals surface area contributed by atoms with Crippen molar-refractivity contribution in [3.05, 3.63) is 69.4 Å². The zero-order valence-corrected chi connectivity index (χ0v) is 19.3. The third-order valence-electron chi connectivity index (χ3n) is 6.47. The third kappa shape index (κ3) is 3.89. The quantitative estimate of drug-likeness (QED) is 0.544. The fourth-order valence-electron chi connectivity index (χ4n) is 4.46. The van der Waals surface area contributed by atoms with Crippen LogP contribution in [0.3, 0.4) is 0 Å². The lowest BCUT2D eigenvalue weighted by atomic mass is 9.79. The van der Waals surface area contributed by atoms with E-state index in [1.54, 1.807) is 24.3 Å². The van der Waals surface area contributed by atoms with Crippen molar-refractivity contribution < 1.29 is 14.0 Å². The molecule has 2 aromatic rings. The highest BCUT2D eigenvalue weighted by Gasteiger charge is 2.37. The largest absolute Gasteiger partial charge is 0.369 e. The maximum absolute atomic E-state index is 14.0. The monoisotopic (exact) mass is 438 g/mol. The average molecular weight is 439 g/mol. The van der Waals surface area contributed by atoms with Crippen molar-refractivity contribution in [3.63, 3.8) is 0 Å². The number of aryl methyl sites for hydroxylation is 1. The highest BCUT2D eigenvalue weighted by molar-refractivity contribution is 8.18. The van der Waals surface area contributed by atoms with Gasteiger partial charge in [-0.3, -0.25) is 14.5 Å². The Balaban J connectivity index is 1.65. The Labute approximate surface area is 187 Å². The van der Waals surface area contributed by atoms with E-state index in [9.17, 15) is 14.0 Å². The van der Waals surface area contributed by atoms with Gasteiger partial charge in [0.05, 0.1) is 11.4 Å². The Bertz CT molecular complexity index is 1110. The lowest BCUT2D eigenvalue weighted by Gasteiger charge is -2.45. The van der Waals surface area contributed by atoms with Gasteiger partial charge < -0.3 is 4.90 Å². The molecule has 1 saturated heterocycles. The Morgan fingerprint density at radius 1 is 1.23 bits per heavy atom. The number of nitrogens with zero attached hydrogens (tertiary/aromatic N) is 2. The zero-order chi connectivity index (χ0) is 22.5. The molecule has 2 aliphatic heterocycles. The van der Waals surface area contributed by atoms with Crippen LogP contribution >= 0.6 is 11.8 Å². The summed E-state index contributed by atoms with van der Waals surface area (Å²) >= 11 is 0.915. The molecule has 0 N–H and O–H groups in total. The summed E-state index contributed by atoms with van der Waals surface area (Å²) in [5, 5.41) is -0.370. The van der Waals surface area contributed by atoms with E-state index >= 15 is 0 Å². The molecule has 0 aliphatic carbocycles. The van der Waals surface area contributed by atoms with E-state index in [0.717, 1.165) is 34.2 Å². The van der Waals surface area contributed by atoms with Crippen LogP contribution in [0.15, 0.2) is 41.3 Å². The molecular weight excluding hydrogens is 411 g/mol. The predicted octanol–water partition coefficient (Wildman–Crippen LogP) is 6.09. The molecule has 1 atom stereocenters. The van der Waals surface area contributed by atoms with E-state index in [1.165, 1.54) is 17.3 Å². The van der Waals surface area contributed by atoms with Gasteiger partial charge in [-0.15, -0.1) is 0 Å². The van der Waals surface area contributed by atoms with E-state index in [0.29, 0.717) is 16.4 Å². The van der Waals surface area contributed by atoms with Crippen molar-refractivity contribution >= 4 is 34.7 Å². The first-order valence-electron chi connectivity index (χ1n) is 10.5. The summed E-state index contributed by atoms with van der Waals surface area (Å²) in [6.45, 7) is 8.70. The molecule has 2 aliphatic rings. The SMILES string of the molecule is Cc1cc2c(cc1/C=C1/SC(=O)N(Cc3ccccc3F)C1=O)C(C)CC(C)(C)N2C. The molecule has 0 bridgehead atoms. The molecule has 0 spiro atoms. The molecule has 0 radical (unpaired) electrons. The summed E-state index contributed by atoms with van der Waals surface area (Å²) in [5.41, 5.74) is 4.87. The van der Waals surface area contributed by atoms with Crippen molar-refractivity contribution in [2.75, 3.05) is 11.9 Å². The molecule has 162 valence electrons. The van der Waals surface area contributed by atoms with Crippen LogP contribution < -0.4 is 4.90 Å². The summed E-state index contributed by atoms with van der Waals surface area (Å²) in [7, 11) is 2.12. The number of fused-ring (bicyclic) bond motifs is 1. The van der Waals surface area contributed by atoms with Gasteiger partial charge in [0.15, 0.2) is 0 Å². The lowest BCUT2D eigenvalue weighted by Crippen LogP contribution is -2.45. The minimum Gasteiger partial charge on any atom is -0.369 e. The van der Waals surface area contributed by atoms with Gasteiger partial charge >= 0.3 is 0 Å². The van der Waals surface area contributed by atoms with Crippen molar-refractivity contribution in [3.8, 4) is 0 Å². The average Bonchev–Trinajstić information content (AvgIpc) is 2.96. The fraction of sp³-hybridized carbons (Fsp3) is 0.360. The van der Waals surface area contributed by atoms with E-state index in [4.69, 9.17) is 0 Å². The summed E-state index contributed by atoms with van der Waals surface area (Å²) in [5.74, 6) is -0.399. The number of thioether (sulfide) groups is 1. The minimum atomic E-state index is -0.419. The first-order chi connectivity index (χ1) is 14.6. The second-order valence-corrected chi connectivity index (χ2v) is 10.1. The van der Waals surface area contributed by atoms with Gasteiger partial charge in [0.2, 0.25) is 0 Å².